The topological polar surface area (TPSA) is 125 Å². The van der Waals surface area contributed by atoms with Crippen molar-refractivity contribution < 1.29 is 18.3 Å². The second-order valence-electron chi connectivity index (χ2n) is 9.42. The van der Waals surface area contributed by atoms with Gasteiger partial charge in [0.15, 0.2) is 0 Å². The second-order valence-corrected chi connectivity index (χ2v) is 9.42. The van der Waals surface area contributed by atoms with Crippen molar-refractivity contribution >= 4 is 22.5 Å². The highest BCUT2D eigenvalue weighted by molar-refractivity contribution is 5.96. The molecule has 2 aliphatic heterocycles. The zero-order valence-corrected chi connectivity index (χ0v) is 20.6. The van der Waals surface area contributed by atoms with Crippen LogP contribution in [0, 0.1) is 23.0 Å². The van der Waals surface area contributed by atoms with E-state index in [0.717, 1.165) is 19.0 Å². The Balaban J connectivity index is 1.57. The third-order valence-corrected chi connectivity index (χ3v) is 7.11. The number of nitriles is 1. The summed E-state index contributed by atoms with van der Waals surface area (Å²) in [5.41, 5.74) is 9.97. The molecule has 2 aromatic carbocycles. The van der Waals surface area contributed by atoms with Crippen molar-refractivity contribution in [2.24, 2.45) is 0 Å². The number of aromatic nitrogens is 3. The standard InChI is InChI=1S/C27H25F2N7O2/c1-37-21-7-14(11-30)6-20-24(21)35-27(34-20)23-25(36-4-2-19-22(13-36)38-5-3-32-19)18(12-33-26(23)31)15-8-16(28)10-17(29)9-15/h6-10,12,19,22,32H,2-5,13H2,1H3,(H2,31,33)(H,34,35). The normalized spacial score (nSPS) is 19.3. The molecule has 11 heteroatoms. The molecule has 2 unspecified atom stereocenters. The van der Waals surface area contributed by atoms with Crippen LogP contribution in [0.3, 0.4) is 0 Å². The first-order valence-electron chi connectivity index (χ1n) is 12.3. The highest BCUT2D eigenvalue weighted by atomic mass is 19.1. The molecule has 0 spiro atoms. The van der Waals surface area contributed by atoms with E-state index in [1.807, 2.05) is 0 Å². The minimum absolute atomic E-state index is 0.0641. The zero-order chi connectivity index (χ0) is 26.4. The van der Waals surface area contributed by atoms with Crippen LogP contribution in [-0.4, -0.2) is 60.4 Å². The molecule has 194 valence electrons. The third-order valence-electron chi connectivity index (χ3n) is 7.11. The molecule has 4 aromatic rings. The van der Waals surface area contributed by atoms with Crippen molar-refractivity contribution in [2.75, 3.05) is 44.0 Å². The number of anilines is 2. The van der Waals surface area contributed by atoms with E-state index in [1.165, 1.54) is 25.4 Å². The lowest BCUT2D eigenvalue weighted by molar-refractivity contribution is -0.00899. The van der Waals surface area contributed by atoms with Crippen molar-refractivity contribution in [1.82, 2.24) is 20.3 Å². The van der Waals surface area contributed by atoms with E-state index in [4.69, 9.17) is 20.2 Å². The molecule has 2 fully saturated rings. The number of nitrogen functional groups attached to an aromatic ring is 1. The molecular weight excluding hydrogens is 492 g/mol. The van der Waals surface area contributed by atoms with Gasteiger partial charge in [-0.15, -0.1) is 0 Å². The molecule has 0 bridgehead atoms. The molecule has 2 aliphatic rings. The number of ether oxygens (including phenoxy) is 2. The molecule has 0 amide bonds. The summed E-state index contributed by atoms with van der Waals surface area (Å²) in [4.78, 5) is 14.5. The smallest absolute Gasteiger partial charge is 0.148 e. The molecule has 4 N–H and O–H groups in total. The van der Waals surface area contributed by atoms with Crippen LogP contribution in [0.4, 0.5) is 20.3 Å². The molecule has 6 rings (SSSR count). The Hall–Kier alpha value is -4.27. The van der Waals surface area contributed by atoms with Crippen LogP contribution in [0.1, 0.15) is 12.0 Å². The number of nitrogens with one attached hydrogen (secondary N) is 2. The van der Waals surface area contributed by atoms with Crippen LogP contribution < -0.4 is 20.7 Å². The number of hydrogen-bond donors (Lipinski definition) is 3. The zero-order valence-electron chi connectivity index (χ0n) is 20.6. The van der Waals surface area contributed by atoms with Gasteiger partial charge in [-0.05, 0) is 30.2 Å². The molecule has 38 heavy (non-hydrogen) atoms. The van der Waals surface area contributed by atoms with Gasteiger partial charge in [-0.25, -0.2) is 18.7 Å². The summed E-state index contributed by atoms with van der Waals surface area (Å²) in [6.45, 7) is 2.60. The van der Waals surface area contributed by atoms with Gasteiger partial charge < -0.3 is 30.4 Å². The van der Waals surface area contributed by atoms with E-state index >= 15 is 0 Å². The van der Waals surface area contributed by atoms with Gasteiger partial charge in [-0.3, -0.25) is 0 Å². The van der Waals surface area contributed by atoms with Crippen LogP contribution in [0.5, 0.6) is 5.75 Å². The van der Waals surface area contributed by atoms with E-state index < -0.39 is 11.6 Å². The van der Waals surface area contributed by atoms with E-state index in [1.54, 1.807) is 12.1 Å². The number of pyridine rings is 1. The minimum Gasteiger partial charge on any atom is -0.494 e. The van der Waals surface area contributed by atoms with Crippen molar-refractivity contribution in [3.05, 3.63) is 53.7 Å². The molecule has 0 radical (unpaired) electrons. The molecule has 0 aliphatic carbocycles. The lowest BCUT2D eigenvalue weighted by atomic mass is 9.95. The minimum atomic E-state index is -0.694. The maximum atomic E-state index is 14.3. The number of aromatic amines is 1. The van der Waals surface area contributed by atoms with Crippen molar-refractivity contribution in [3.63, 3.8) is 0 Å². The summed E-state index contributed by atoms with van der Waals surface area (Å²) in [5.74, 6) is -0.359. The first-order chi connectivity index (χ1) is 18.4. The first-order valence-corrected chi connectivity index (χ1v) is 12.3. The van der Waals surface area contributed by atoms with E-state index in [9.17, 15) is 14.0 Å². The number of H-pyrrole nitrogens is 1. The number of imidazole rings is 1. The Morgan fingerprint density at radius 2 is 2.03 bits per heavy atom. The number of fused-ring (bicyclic) bond motifs is 2. The maximum Gasteiger partial charge on any atom is 0.148 e. The Morgan fingerprint density at radius 3 is 2.79 bits per heavy atom. The molecule has 9 nitrogen and oxygen atoms in total. The largest absolute Gasteiger partial charge is 0.494 e. The van der Waals surface area contributed by atoms with Gasteiger partial charge in [0.1, 0.15) is 34.5 Å². The average Bonchev–Trinajstić information content (AvgIpc) is 3.35. The monoisotopic (exact) mass is 517 g/mol. The highest BCUT2D eigenvalue weighted by Crippen LogP contribution is 2.43. The summed E-state index contributed by atoms with van der Waals surface area (Å²) in [6.07, 6.45) is 2.28. The number of halogens is 2. The predicted octanol–water partition coefficient (Wildman–Crippen LogP) is 3.60. The van der Waals surface area contributed by atoms with E-state index in [-0.39, 0.29) is 18.0 Å². The number of rotatable bonds is 4. The number of hydrogen-bond acceptors (Lipinski definition) is 8. The number of piperidine rings is 1. The summed E-state index contributed by atoms with van der Waals surface area (Å²) in [6, 6.07) is 9.01. The SMILES string of the molecule is COc1cc(C#N)cc2[nH]c(-c3c(N)ncc(-c4cc(F)cc(F)c4)c3N3CCC4NCCOC4C3)nc12. The first kappa shape index (κ1) is 24.1. The third kappa shape index (κ3) is 4.17. The Labute approximate surface area is 217 Å². The Kier molecular flexibility index (Phi) is 6.06. The Bertz CT molecular complexity index is 1560. The van der Waals surface area contributed by atoms with Crippen LogP contribution in [0.15, 0.2) is 36.5 Å². The number of nitrogens with zero attached hydrogens (tertiary/aromatic N) is 4. The second kappa shape index (κ2) is 9.55. The van der Waals surface area contributed by atoms with Crippen LogP contribution in [-0.2, 0) is 4.74 Å². The van der Waals surface area contributed by atoms with Gasteiger partial charge in [0.2, 0.25) is 0 Å². The van der Waals surface area contributed by atoms with Crippen LogP contribution >= 0.6 is 0 Å². The summed E-state index contributed by atoms with van der Waals surface area (Å²) >= 11 is 0. The van der Waals surface area contributed by atoms with Gasteiger partial charge in [-0.1, -0.05) is 0 Å². The van der Waals surface area contributed by atoms with Gasteiger partial charge >= 0.3 is 0 Å². The fourth-order valence-corrected chi connectivity index (χ4v) is 5.40. The van der Waals surface area contributed by atoms with Gasteiger partial charge in [0.05, 0.1) is 48.2 Å². The molecule has 4 heterocycles. The predicted molar refractivity (Wildman–Crippen MR) is 139 cm³/mol. The molecule has 2 atom stereocenters. The number of nitrogens with two attached hydrogens (primary N) is 1. The summed E-state index contributed by atoms with van der Waals surface area (Å²) in [5, 5.41) is 13.0. The maximum absolute atomic E-state index is 14.3. The van der Waals surface area contributed by atoms with E-state index in [2.05, 4.69) is 26.3 Å². The quantitative estimate of drug-likeness (QED) is 0.375. The molecular formula is C27H25F2N7O2. The van der Waals surface area contributed by atoms with Crippen LogP contribution in [0.2, 0.25) is 0 Å². The summed E-state index contributed by atoms with van der Waals surface area (Å²) < 4.78 is 40.2. The molecule has 2 saturated heterocycles. The lowest BCUT2D eigenvalue weighted by Crippen LogP contribution is -2.58. The average molecular weight is 518 g/mol. The summed E-state index contributed by atoms with van der Waals surface area (Å²) in [7, 11) is 1.51. The number of benzene rings is 2. The lowest BCUT2D eigenvalue weighted by Gasteiger charge is -2.43. The van der Waals surface area contributed by atoms with Gasteiger partial charge in [0, 0.05) is 49.6 Å². The van der Waals surface area contributed by atoms with Gasteiger partial charge in [0.25, 0.3) is 0 Å². The fraction of sp³-hybridized carbons (Fsp3) is 0.296. The number of methoxy groups -OCH3 is 1. The number of morpholine rings is 1. The fourth-order valence-electron chi connectivity index (χ4n) is 5.40. The highest BCUT2D eigenvalue weighted by Gasteiger charge is 2.35. The van der Waals surface area contributed by atoms with Gasteiger partial charge in [-0.2, -0.15) is 5.26 Å². The van der Waals surface area contributed by atoms with Crippen molar-refractivity contribution in [1.29, 1.82) is 5.26 Å². The molecule has 0 saturated carbocycles. The van der Waals surface area contributed by atoms with Crippen molar-refractivity contribution in [2.45, 2.75) is 18.6 Å². The Morgan fingerprint density at radius 1 is 1.21 bits per heavy atom. The molecule has 2 aromatic heterocycles. The van der Waals surface area contributed by atoms with Crippen molar-refractivity contribution in [3.8, 4) is 34.3 Å². The van der Waals surface area contributed by atoms with E-state index in [0.29, 0.717) is 70.2 Å². The van der Waals surface area contributed by atoms with Crippen LogP contribution in [0.25, 0.3) is 33.5 Å².